The highest BCUT2D eigenvalue weighted by atomic mass is 35.5. The molecule has 1 saturated heterocycles. The minimum absolute atomic E-state index is 0.0678. The number of hydrogen-bond donors (Lipinski definition) is 0. The Morgan fingerprint density at radius 3 is 2.65 bits per heavy atom. The van der Waals surface area contributed by atoms with Gasteiger partial charge in [-0.2, -0.15) is 0 Å². The lowest BCUT2D eigenvalue weighted by atomic mass is 10.2. The van der Waals surface area contributed by atoms with Gasteiger partial charge in [-0.15, -0.1) is 0 Å². The fraction of sp³-hybridized carbons (Fsp3) is 0.286. The molecule has 3 heterocycles. The molecule has 0 atom stereocenters. The van der Waals surface area contributed by atoms with Crippen molar-refractivity contribution in [2.45, 2.75) is 0 Å². The van der Waals surface area contributed by atoms with E-state index in [4.69, 9.17) is 16.0 Å². The number of rotatable bonds is 2. The number of hydrogen-bond acceptors (Lipinski definition) is 4. The van der Waals surface area contributed by atoms with E-state index in [0.717, 1.165) is 5.82 Å². The van der Waals surface area contributed by atoms with Crippen LogP contribution in [0.2, 0.25) is 5.02 Å². The lowest BCUT2D eigenvalue weighted by Gasteiger charge is -2.35. The summed E-state index contributed by atoms with van der Waals surface area (Å²) < 4.78 is 5.14. The molecule has 0 saturated carbocycles. The molecule has 104 valence electrons. The number of pyridine rings is 1. The molecule has 0 N–H and O–H groups in total. The van der Waals surface area contributed by atoms with Crippen LogP contribution in [-0.4, -0.2) is 42.0 Å². The average Bonchev–Trinajstić information content (AvgIpc) is 3.01. The summed E-state index contributed by atoms with van der Waals surface area (Å²) in [7, 11) is 0. The zero-order chi connectivity index (χ0) is 13.9. The van der Waals surface area contributed by atoms with Crippen LogP contribution in [0.25, 0.3) is 0 Å². The average molecular weight is 292 g/mol. The van der Waals surface area contributed by atoms with E-state index in [1.165, 1.54) is 6.26 Å². The third-order valence-corrected chi connectivity index (χ3v) is 3.63. The van der Waals surface area contributed by atoms with E-state index in [2.05, 4.69) is 9.88 Å². The Bertz CT molecular complexity index is 592. The second-order valence-corrected chi connectivity index (χ2v) is 4.97. The first kappa shape index (κ1) is 13.0. The Kier molecular flexibility index (Phi) is 3.60. The first-order chi connectivity index (χ1) is 9.75. The Morgan fingerprint density at radius 2 is 2.00 bits per heavy atom. The van der Waals surface area contributed by atoms with Gasteiger partial charge in [-0.1, -0.05) is 11.6 Å². The summed E-state index contributed by atoms with van der Waals surface area (Å²) in [6, 6.07) is 7.04. The summed E-state index contributed by atoms with van der Waals surface area (Å²) in [5.74, 6) is 1.09. The summed E-state index contributed by atoms with van der Waals surface area (Å²) in [6.07, 6.45) is 3.23. The van der Waals surface area contributed by atoms with Crippen molar-refractivity contribution in [3.63, 3.8) is 0 Å². The van der Waals surface area contributed by atoms with Crippen LogP contribution in [0.5, 0.6) is 0 Å². The molecule has 2 aromatic heterocycles. The third kappa shape index (κ3) is 2.49. The van der Waals surface area contributed by atoms with Crippen molar-refractivity contribution in [1.82, 2.24) is 9.88 Å². The van der Waals surface area contributed by atoms with E-state index < -0.39 is 0 Å². The van der Waals surface area contributed by atoms with Crippen molar-refractivity contribution >= 4 is 23.3 Å². The number of aromatic nitrogens is 1. The SMILES string of the molecule is O=C(c1ccco1)N1CCN(c2ncccc2Cl)CC1. The van der Waals surface area contributed by atoms with Gasteiger partial charge in [0.05, 0.1) is 11.3 Å². The van der Waals surface area contributed by atoms with E-state index in [-0.39, 0.29) is 5.91 Å². The number of amides is 1. The topological polar surface area (TPSA) is 49.6 Å². The van der Waals surface area contributed by atoms with Gasteiger partial charge in [0.2, 0.25) is 0 Å². The molecule has 1 amide bonds. The highest BCUT2D eigenvalue weighted by Crippen LogP contribution is 2.23. The predicted octanol–water partition coefficient (Wildman–Crippen LogP) is 2.29. The molecule has 1 fully saturated rings. The lowest BCUT2D eigenvalue weighted by Crippen LogP contribution is -2.49. The van der Waals surface area contributed by atoms with Gasteiger partial charge in [0.1, 0.15) is 5.82 Å². The second kappa shape index (κ2) is 5.54. The summed E-state index contributed by atoms with van der Waals surface area (Å²) in [4.78, 5) is 20.3. The van der Waals surface area contributed by atoms with E-state index in [1.54, 1.807) is 23.2 Å². The summed E-state index contributed by atoms with van der Waals surface area (Å²) in [5.41, 5.74) is 0. The molecule has 0 aromatic carbocycles. The standard InChI is InChI=1S/C14H14ClN3O2/c15-11-3-1-5-16-13(11)17-6-8-18(9-7-17)14(19)12-4-2-10-20-12/h1-5,10H,6-9H2. The summed E-state index contributed by atoms with van der Waals surface area (Å²) in [5, 5.41) is 0.637. The maximum atomic E-state index is 12.1. The molecule has 6 heteroatoms. The van der Waals surface area contributed by atoms with Crippen molar-refractivity contribution < 1.29 is 9.21 Å². The number of furan rings is 1. The van der Waals surface area contributed by atoms with E-state index in [1.807, 2.05) is 12.1 Å². The van der Waals surface area contributed by atoms with Crippen LogP contribution in [0.1, 0.15) is 10.6 Å². The first-order valence-corrected chi connectivity index (χ1v) is 6.82. The van der Waals surface area contributed by atoms with Crippen LogP contribution in [0, 0.1) is 0 Å². The molecular weight excluding hydrogens is 278 g/mol. The van der Waals surface area contributed by atoms with Crippen molar-refractivity contribution in [2.75, 3.05) is 31.1 Å². The van der Waals surface area contributed by atoms with E-state index >= 15 is 0 Å². The summed E-state index contributed by atoms with van der Waals surface area (Å²) >= 11 is 6.14. The van der Waals surface area contributed by atoms with Crippen LogP contribution in [0.4, 0.5) is 5.82 Å². The van der Waals surface area contributed by atoms with Gasteiger partial charge in [-0.05, 0) is 24.3 Å². The summed E-state index contributed by atoms with van der Waals surface area (Å²) in [6.45, 7) is 2.69. The molecule has 3 rings (SSSR count). The quantitative estimate of drug-likeness (QED) is 0.852. The molecular formula is C14H14ClN3O2. The predicted molar refractivity (Wildman–Crippen MR) is 76.1 cm³/mol. The molecule has 0 aliphatic carbocycles. The molecule has 0 radical (unpaired) electrons. The van der Waals surface area contributed by atoms with Crippen LogP contribution in [0.3, 0.4) is 0 Å². The molecule has 1 aliphatic rings. The van der Waals surface area contributed by atoms with E-state index in [0.29, 0.717) is 37.0 Å². The van der Waals surface area contributed by atoms with Crippen LogP contribution in [-0.2, 0) is 0 Å². The van der Waals surface area contributed by atoms with E-state index in [9.17, 15) is 4.79 Å². The van der Waals surface area contributed by atoms with Gasteiger partial charge >= 0.3 is 0 Å². The number of carbonyl (C=O) groups excluding carboxylic acids is 1. The van der Waals surface area contributed by atoms with Crippen molar-refractivity contribution in [1.29, 1.82) is 0 Å². The van der Waals surface area contributed by atoms with Gasteiger partial charge in [0, 0.05) is 32.4 Å². The molecule has 0 unspecified atom stereocenters. The Morgan fingerprint density at radius 1 is 1.20 bits per heavy atom. The molecule has 0 bridgehead atoms. The van der Waals surface area contributed by atoms with Gasteiger partial charge in [0.15, 0.2) is 5.76 Å². The minimum atomic E-state index is -0.0678. The lowest BCUT2D eigenvalue weighted by molar-refractivity contribution is 0.0714. The smallest absolute Gasteiger partial charge is 0.289 e. The van der Waals surface area contributed by atoms with Crippen molar-refractivity contribution in [3.05, 3.63) is 47.5 Å². The third-order valence-electron chi connectivity index (χ3n) is 3.34. The molecule has 1 aliphatic heterocycles. The van der Waals surface area contributed by atoms with Gasteiger partial charge in [0.25, 0.3) is 5.91 Å². The van der Waals surface area contributed by atoms with Gasteiger partial charge in [-0.3, -0.25) is 4.79 Å². The van der Waals surface area contributed by atoms with Gasteiger partial charge < -0.3 is 14.2 Å². The number of nitrogens with zero attached hydrogens (tertiary/aromatic N) is 3. The highest BCUT2D eigenvalue weighted by Gasteiger charge is 2.24. The maximum Gasteiger partial charge on any atom is 0.289 e. The van der Waals surface area contributed by atoms with Crippen LogP contribution >= 0.6 is 11.6 Å². The fourth-order valence-electron chi connectivity index (χ4n) is 2.29. The number of anilines is 1. The Hall–Kier alpha value is -2.01. The second-order valence-electron chi connectivity index (χ2n) is 4.57. The molecule has 20 heavy (non-hydrogen) atoms. The number of carbonyl (C=O) groups is 1. The number of halogens is 1. The maximum absolute atomic E-state index is 12.1. The highest BCUT2D eigenvalue weighted by molar-refractivity contribution is 6.32. The minimum Gasteiger partial charge on any atom is -0.459 e. The first-order valence-electron chi connectivity index (χ1n) is 6.44. The Balaban J connectivity index is 1.65. The zero-order valence-corrected chi connectivity index (χ0v) is 11.6. The number of piperazine rings is 1. The molecule has 0 spiro atoms. The normalized spacial score (nSPS) is 15.4. The zero-order valence-electron chi connectivity index (χ0n) is 10.8. The van der Waals surface area contributed by atoms with Crippen LogP contribution in [0.15, 0.2) is 41.1 Å². The largest absolute Gasteiger partial charge is 0.459 e. The van der Waals surface area contributed by atoms with Crippen molar-refractivity contribution in [3.8, 4) is 0 Å². The van der Waals surface area contributed by atoms with Gasteiger partial charge in [-0.25, -0.2) is 4.98 Å². The fourth-order valence-corrected chi connectivity index (χ4v) is 2.53. The molecule has 5 nitrogen and oxygen atoms in total. The van der Waals surface area contributed by atoms with Crippen molar-refractivity contribution in [2.24, 2.45) is 0 Å². The Labute approximate surface area is 121 Å². The monoisotopic (exact) mass is 291 g/mol. The van der Waals surface area contributed by atoms with Crippen LogP contribution < -0.4 is 4.90 Å². The molecule has 2 aromatic rings.